The zero-order valence-corrected chi connectivity index (χ0v) is 12.1. The Labute approximate surface area is 115 Å². The van der Waals surface area contributed by atoms with Gasteiger partial charge >= 0.3 is 0 Å². The van der Waals surface area contributed by atoms with Gasteiger partial charge in [-0.25, -0.2) is 0 Å². The zero-order valence-electron chi connectivity index (χ0n) is 11.3. The second kappa shape index (κ2) is 5.94. The summed E-state index contributed by atoms with van der Waals surface area (Å²) >= 11 is 6.39. The Bertz CT molecular complexity index is 397. The Kier molecular flexibility index (Phi) is 4.52. The highest BCUT2D eigenvalue weighted by Gasteiger charge is 2.20. The smallest absolute Gasteiger partial charge is 0.0642 e. The maximum absolute atomic E-state index is 6.39. The number of anilines is 1. The van der Waals surface area contributed by atoms with Gasteiger partial charge in [0.25, 0.3) is 0 Å². The van der Waals surface area contributed by atoms with Crippen LogP contribution in [-0.2, 0) is 0 Å². The third-order valence-electron chi connectivity index (χ3n) is 4.00. The van der Waals surface area contributed by atoms with E-state index in [0.717, 1.165) is 16.3 Å². The number of benzene rings is 1. The predicted octanol–water partition coefficient (Wildman–Crippen LogP) is 4.13. The van der Waals surface area contributed by atoms with E-state index < -0.39 is 0 Å². The lowest BCUT2D eigenvalue weighted by Gasteiger charge is -2.33. The maximum atomic E-state index is 6.39. The summed E-state index contributed by atoms with van der Waals surface area (Å²) < 4.78 is 0. The van der Waals surface area contributed by atoms with Crippen molar-refractivity contribution in [3.63, 3.8) is 0 Å². The first-order valence-electron chi connectivity index (χ1n) is 6.87. The van der Waals surface area contributed by atoms with Gasteiger partial charge in [0.1, 0.15) is 0 Å². The molecule has 2 rings (SSSR count). The Morgan fingerprint density at radius 1 is 1.28 bits per heavy atom. The van der Waals surface area contributed by atoms with Gasteiger partial charge in [0.05, 0.1) is 10.7 Å². The van der Waals surface area contributed by atoms with Crippen LogP contribution in [-0.4, -0.2) is 13.1 Å². The summed E-state index contributed by atoms with van der Waals surface area (Å²) in [5.41, 5.74) is 8.11. The van der Waals surface area contributed by atoms with Crippen LogP contribution in [0.4, 0.5) is 5.69 Å². The largest absolute Gasteiger partial charge is 0.370 e. The molecule has 0 amide bonds. The van der Waals surface area contributed by atoms with Gasteiger partial charge in [0.15, 0.2) is 0 Å². The standard InChI is InChI=1S/C15H23ClN2/c1-11(17)12-8-9-15(14(16)10-12)18(2)13-6-4-3-5-7-13/h8-11,13H,3-7,17H2,1-2H3/t11-/m0/s1. The van der Waals surface area contributed by atoms with Crippen molar-refractivity contribution in [1.29, 1.82) is 0 Å². The minimum Gasteiger partial charge on any atom is -0.370 e. The summed E-state index contributed by atoms with van der Waals surface area (Å²) in [6.45, 7) is 1.98. The van der Waals surface area contributed by atoms with Crippen molar-refractivity contribution in [2.45, 2.75) is 51.1 Å². The van der Waals surface area contributed by atoms with E-state index in [0.29, 0.717) is 6.04 Å². The first-order valence-corrected chi connectivity index (χ1v) is 7.25. The van der Waals surface area contributed by atoms with Crippen LogP contribution in [0.2, 0.25) is 5.02 Å². The van der Waals surface area contributed by atoms with Crippen molar-refractivity contribution in [1.82, 2.24) is 0 Å². The topological polar surface area (TPSA) is 29.3 Å². The fraction of sp³-hybridized carbons (Fsp3) is 0.600. The molecule has 1 saturated carbocycles. The first-order chi connectivity index (χ1) is 8.59. The Hall–Kier alpha value is -0.730. The summed E-state index contributed by atoms with van der Waals surface area (Å²) in [7, 11) is 2.16. The van der Waals surface area contributed by atoms with Crippen molar-refractivity contribution >= 4 is 17.3 Å². The van der Waals surface area contributed by atoms with Crippen molar-refractivity contribution in [3.05, 3.63) is 28.8 Å². The summed E-state index contributed by atoms with van der Waals surface area (Å²) in [6.07, 6.45) is 6.61. The molecule has 0 radical (unpaired) electrons. The van der Waals surface area contributed by atoms with Crippen LogP contribution >= 0.6 is 11.6 Å². The number of hydrogen-bond acceptors (Lipinski definition) is 2. The van der Waals surface area contributed by atoms with E-state index in [9.17, 15) is 0 Å². The van der Waals surface area contributed by atoms with E-state index in [-0.39, 0.29) is 6.04 Å². The van der Waals surface area contributed by atoms with Crippen LogP contribution in [0.3, 0.4) is 0 Å². The molecule has 18 heavy (non-hydrogen) atoms. The fourth-order valence-corrected chi connectivity index (χ4v) is 3.08. The zero-order chi connectivity index (χ0) is 13.1. The second-order valence-electron chi connectivity index (χ2n) is 5.40. The molecule has 1 aromatic carbocycles. The average Bonchev–Trinajstić information content (AvgIpc) is 2.38. The molecule has 1 aromatic rings. The van der Waals surface area contributed by atoms with E-state index >= 15 is 0 Å². The molecule has 0 aliphatic heterocycles. The number of nitrogens with zero attached hydrogens (tertiary/aromatic N) is 1. The fourth-order valence-electron chi connectivity index (χ4n) is 2.76. The van der Waals surface area contributed by atoms with Gasteiger partial charge in [0, 0.05) is 19.1 Å². The molecule has 1 atom stereocenters. The molecule has 0 aromatic heterocycles. The Balaban J connectivity index is 2.16. The normalized spacial score (nSPS) is 18.7. The summed E-state index contributed by atoms with van der Waals surface area (Å²) in [6, 6.07) is 6.87. The minimum atomic E-state index is 0.0385. The van der Waals surface area contributed by atoms with Gasteiger partial charge in [-0.3, -0.25) is 0 Å². The van der Waals surface area contributed by atoms with Crippen molar-refractivity contribution in [2.24, 2.45) is 5.73 Å². The number of nitrogens with two attached hydrogens (primary N) is 1. The van der Waals surface area contributed by atoms with Gasteiger partial charge in [0.2, 0.25) is 0 Å². The molecule has 0 bridgehead atoms. The Morgan fingerprint density at radius 3 is 2.50 bits per heavy atom. The van der Waals surface area contributed by atoms with E-state index in [1.54, 1.807) is 0 Å². The molecule has 0 heterocycles. The van der Waals surface area contributed by atoms with Crippen molar-refractivity contribution < 1.29 is 0 Å². The van der Waals surface area contributed by atoms with Gasteiger partial charge in [-0.15, -0.1) is 0 Å². The lowest BCUT2D eigenvalue weighted by molar-refractivity contribution is 0.427. The van der Waals surface area contributed by atoms with Crippen LogP contribution in [0.1, 0.15) is 50.6 Å². The summed E-state index contributed by atoms with van der Waals surface area (Å²) in [5.74, 6) is 0. The maximum Gasteiger partial charge on any atom is 0.0642 e. The van der Waals surface area contributed by atoms with E-state index in [4.69, 9.17) is 17.3 Å². The molecule has 2 N–H and O–H groups in total. The molecule has 0 saturated heterocycles. The Morgan fingerprint density at radius 2 is 1.94 bits per heavy atom. The highest BCUT2D eigenvalue weighted by Crippen LogP contribution is 2.32. The number of hydrogen-bond donors (Lipinski definition) is 1. The quantitative estimate of drug-likeness (QED) is 0.891. The van der Waals surface area contributed by atoms with Crippen molar-refractivity contribution in [3.8, 4) is 0 Å². The second-order valence-corrected chi connectivity index (χ2v) is 5.81. The first kappa shape index (κ1) is 13.7. The number of halogens is 1. The molecule has 3 heteroatoms. The van der Waals surface area contributed by atoms with E-state index in [1.165, 1.54) is 32.1 Å². The molecule has 0 spiro atoms. The average molecular weight is 267 g/mol. The van der Waals surface area contributed by atoms with Crippen LogP contribution in [0.15, 0.2) is 18.2 Å². The van der Waals surface area contributed by atoms with Crippen LogP contribution in [0.5, 0.6) is 0 Å². The predicted molar refractivity (Wildman–Crippen MR) is 79.3 cm³/mol. The minimum absolute atomic E-state index is 0.0385. The van der Waals surface area contributed by atoms with Crippen LogP contribution in [0, 0.1) is 0 Å². The molecular formula is C15H23ClN2. The molecule has 100 valence electrons. The van der Waals surface area contributed by atoms with Gasteiger partial charge in [-0.1, -0.05) is 36.9 Å². The van der Waals surface area contributed by atoms with Crippen LogP contribution < -0.4 is 10.6 Å². The van der Waals surface area contributed by atoms with Gasteiger partial charge < -0.3 is 10.6 Å². The molecular weight excluding hydrogens is 244 g/mol. The lowest BCUT2D eigenvalue weighted by Crippen LogP contribution is -2.33. The SMILES string of the molecule is C[C@H](N)c1ccc(N(C)C2CCCCC2)c(Cl)c1. The molecule has 0 unspecified atom stereocenters. The van der Waals surface area contributed by atoms with E-state index in [1.807, 2.05) is 13.0 Å². The summed E-state index contributed by atoms with van der Waals surface area (Å²) in [4.78, 5) is 2.34. The molecule has 1 fully saturated rings. The third kappa shape index (κ3) is 2.99. The van der Waals surface area contributed by atoms with E-state index in [2.05, 4.69) is 24.1 Å². The lowest BCUT2D eigenvalue weighted by atomic mass is 9.94. The monoisotopic (exact) mass is 266 g/mol. The highest BCUT2D eigenvalue weighted by molar-refractivity contribution is 6.33. The third-order valence-corrected chi connectivity index (χ3v) is 4.30. The highest BCUT2D eigenvalue weighted by atomic mass is 35.5. The number of rotatable bonds is 3. The molecule has 1 aliphatic carbocycles. The van der Waals surface area contributed by atoms with Gasteiger partial charge in [-0.05, 0) is 37.5 Å². The van der Waals surface area contributed by atoms with Crippen LogP contribution in [0.25, 0.3) is 0 Å². The molecule has 2 nitrogen and oxygen atoms in total. The van der Waals surface area contributed by atoms with Gasteiger partial charge in [-0.2, -0.15) is 0 Å². The van der Waals surface area contributed by atoms with Crippen molar-refractivity contribution in [2.75, 3.05) is 11.9 Å². The molecule has 1 aliphatic rings. The summed E-state index contributed by atoms with van der Waals surface area (Å²) in [5, 5.41) is 0.817.